The van der Waals surface area contributed by atoms with Gasteiger partial charge in [-0.1, -0.05) is 0 Å². The number of carbonyl (C=O) groups is 1. The number of aromatic nitrogens is 1. The molecule has 0 saturated heterocycles. The van der Waals surface area contributed by atoms with E-state index in [1.807, 2.05) is 38.1 Å². The van der Waals surface area contributed by atoms with E-state index >= 15 is 0 Å². The van der Waals surface area contributed by atoms with E-state index in [2.05, 4.69) is 9.88 Å². The Labute approximate surface area is 156 Å². The van der Waals surface area contributed by atoms with E-state index in [1.54, 1.807) is 12.1 Å². The van der Waals surface area contributed by atoms with Crippen molar-refractivity contribution in [3.8, 4) is 11.4 Å². The maximum Gasteiger partial charge on any atom is 0.271 e. The largest absolute Gasteiger partial charge is 0.495 e. The van der Waals surface area contributed by atoms with Crippen LogP contribution < -0.4 is 10.1 Å². The van der Waals surface area contributed by atoms with Crippen LogP contribution in [0.2, 0.25) is 0 Å². The number of nitro groups is 1. The van der Waals surface area contributed by atoms with Crippen LogP contribution in [0.3, 0.4) is 0 Å². The minimum atomic E-state index is -0.522. The number of benzene rings is 2. The number of nitro benzene ring substituents is 1. The maximum atomic E-state index is 12.6. The number of rotatable bonds is 5. The van der Waals surface area contributed by atoms with Gasteiger partial charge < -0.3 is 14.6 Å². The minimum Gasteiger partial charge on any atom is -0.495 e. The first-order valence-electron chi connectivity index (χ1n) is 8.30. The van der Waals surface area contributed by atoms with Crippen molar-refractivity contribution < 1.29 is 14.5 Å². The van der Waals surface area contributed by atoms with Crippen LogP contribution in [-0.2, 0) is 0 Å². The second kappa shape index (κ2) is 7.33. The Bertz CT molecular complexity index is 987. The molecule has 27 heavy (non-hydrogen) atoms. The van der Waals surface area contributed by atoms with E-state index in [4.69, 9.17) is 4.74 Å². The van der Waals surface area contributed by atoms with Crippen molar-refractivity contribution in [2.45, 2.75) is 13.8 Å². The summed E-state index contributed by atoms with van der Waals surface area (Å²) in [5, 5.41) is 13.6. The molecular weight excluding hydrogens is 346 g/mol. The maximum absolute atomic E-state index is 12.6. The summed E-state index contributed by atoms with van der Waals surface area (Å²) in [4.78, 5) is 23.0. The van der Waals surface area contributed by atoms with Crippen LogP contribution in [-0.4, -0.2) is 22.5 Å². The number of aryl methyl sites for hydroxylation is 2. The van der Waals surface area contributed by atoms with Crippen molar-refractivity contribution in [1.29, 1.82) is 0 Å². The van der Waals surface area contributed by atoms with Gasteiger partial charge in [0.25, 0.3) is 11.6 Å². The fraction of sp³-hybridized carbons (Fsp3) is 0.150. The third-order valence-corrected chi connectivity index (χ3v) is 4.30. The molecule has 3 rings (SSSR count). The van der Waals surface area contributed by atoms with Gasteiger partial charge in [0.1, 0.15) is 5.75 Å². The number of non-ortho nitro benzene ring substituents is 1. The van der Waals surface area contributed by atoms with Crippen LogP contribution in [0.4, 0.5) is 11.4 Å². The van der Waals surface area contributed by atoms with Crippen molar-refractivity contribution in [2.75, 3.05) is 12.4 Å². The molecule has 0 unspecified atom stereocenters. The summed E-state index contributed by atoms with van der Waals surface area (Å²) >= 11 is 0. The minimum absolute atomic E-state index is 0.125. The Morgan fingerprint density at radius 1 is 1.04 bits per heavy atom. The number of anilines is 1. The van der Waals surface area contributed by atoms with Gasteiger partial charge in [-0.15, -0.1) is 0 Å². The van der Waals surface area contributed by atoms with Gasteiger partial charge >= 0.3 is 0 Å². The molecule has 2 aromatic carbocycles. The zero-order chi connectivity index (χ0) is 19.6. The van der Waals surface area contributed by atoms with Crippen LogP contribution in [0.25, 0.3) is 5.69 Å². The van der Waals surface area contributed by atoms with Crippen LogP contribution in [0.1, 0.15) is 21.7 Å². The van der Waals surface area contributed by atoms with E-state index in [9.17, 15) is 14.9 Å². The molecule has 138 valence electrons. The number of amides is 1. The zero-order valence-corrected chi connectivity index (χ0v) is 15.2. The lowest BCUT2D eigenvalue weighted by Gasteiger charge is -2.12. The van der Waals surface area contributed by atoms with Gasteiger partial charge in [-0.2, -0.15) is 0 Å². The molecule has 7 nitrogen and oxygen atoms in total. The number of hydrogen-bond acceptors (Lipinski definition) is 4. The molecule has 0 bridgehead atoms. The summed E-state index contributed by atoms with van der Waals surface area (Å²) < 4.78 is 7.26. The number of nitrogens with zero attached hydrogens (tertiary/aromatic N) is 2. The molecule has 0 aliphatic carbocycles. The first-order chi connectivity index (χ1) is 12.9. The number of carbonyl (C=O) groups excluding carboxylic acids is 1. The third-order valence-electron chi connectivity index (χ3n) is 4.30. The first kappa shape index (κ1) is 18.2. The molecule has 0 aliphatic rings. The second-order valence-electron chi connectivity index (χ2n) is 6.09. The van der Waals surface area contributed by atoms with Crippen molar-refractivity contribution >= 4 is 17.3 Å². The molecule has 0 aliphatic heterocycles. The van der Waals surface area contributed by atoms with Gasteiger partial charge in [0.15, 0.2) is 0 Å². The number of methoxy groups -OCH3 is 1. The zero-order valence-electron chi connectivity index (χ0n) is 15.2. The predicted octanol–water partition coefficient (Wildman–Crippen LogP) is 4.26. The topological polar surface area (TPSA) is 86.4 Å². The van der Waals surface area contributed by atoms with Gasteiger partial charge in [-0.05, 0) is 56.3 Å². The molecular formula is C20H19N3O4. The summed E-state index contributed by atoms with van der Waals surface area (Å²) in [7, 11) is 1.44. The molecule has 0 spiro atoms. The van der Waals surface area contributed by atoms with Gasteiger partial charge in [0.2, 0.25) is 0 Å². The summed E-state index contributed by atoms with van der Waals surface area (Å²) in [5.74, 6) is -0.0227. The van der Waals surface area contributed by atoms with Crippen LogP contribution >= 0.6 is 0 Å². The average molecular weight is 365 g/mol. The molecule has 7 heteroatoms. The highest BCUT2D eigenvalue weighted by Crippen LogP contribution is 2.29. The summed E-state index contributed by atoms with van der Waals surface area (Å²) in [6, 6.07) is 15.3. The molecule has 0 radical (unpaired) electrons. The fourth-order valence-corrected chi connectivity index (χ4v) is 2.94. The Balaban J connectivity index is 1.85. The standard InChI is InChI=1S/C20H19N3O4/c1-13-4-5-14(2)22(13)16-8-6-15(7-9-16)20(24)21-18-12-17(23(25)26)10-11-19(18)27-3/h4-12H,1-3H3,(H,21,24). The van der Waals surface area contributed by atoms with E-state index < -0.39 is 4.92 Å². The van der Waals surface area contributed by atoms with E-state index in [-0.39, 0.29) is 17.3 Å². The first-order valence-corrected chi connectivity index (χ1v) is 8.30. The molecule has 1 amide bonds. The summed E-state index contributed by atoms with van der Waals surface area (Å²) in [5.41, 5.74) is 3.73. The van der Waals surface area contributed by atoms with Crippen LogP contribution in [0, 0.1) is 24.0 Å². The Hall–Kier alpha value is -3.61. The molecule has 0 fully saturated rings. The highest BCUT2D eigenvalue weighted by atomic mass is 16.6. The molecule has 1 N–H and O–H groups in total. The van der Waals surface area contributed by atoms with E-state index in [0.717, 1.165) is 17.1 Å². The number of hydrogen-bond donors (Lipinski definition) is 1. The van der Waals surface area contributed by atoms with Gasteiger partial charge in [-0.3, -0.25) is 14.9 Å². The Morgan fingerprint density at radius 3 is 2.22 bits per heavy atom. The van der Waals surface area contributed by atoms with Gasteiger partial charge in [-0.25, -0.2) is 0 Å². The van der Waals surface area contributed by atoms with Gasteiger partial charge in [0.05, 0.1) is 17.7 Å². The monoisotopic (exact) mass is 365 g/mol. The smallest absolute Gasteiger partial charge is 0.271 e. The third kappa shape index (κ3) is 3.67. The van der Waals surface area contributed by atoms with Crippen molar-refractivity contribution in [1.82, 2.24) is 4.57 Å². The lowest BCUT2D eigenvalue weighted by atomic mass is 10.1. The van der Waals surface area contributed by atoms with Crippen LogP contribution in [0.15, 0.2) is 54.6 Å². The van der Waals surface area contributed by atoms with E-state index in [1.165, 1.54) is 25.3 Å². The fourth-order valence-electron chi connectivity index (χ4n) is 2.94. The molecule has 1 aromatic heterocycles. The molecule has 0 saturated carbocycles. The summed E-state index contributed by atoms with van der Waals surface area (Å²) in [6.07, 6.45) is 0. The SMILES string of the molecule is COc1ccc([N+](=O)[O-])cc1NC(=O)c1ccc(-n2c(C)ccc2C)cc1. The predicted molar refractivity (Wildman–Crippen MR) is 103 cm³/mol. The Morgan fingerprint density at radius 2 is 1.67 bits per heavy atom. The lowest BCUT2D eigenvalue weighted by molar-refractivity contribution is -0.384. The lowest BCUT2D eigenvalue weighted by Crippen LogP contribution is -2.13. The highest BCUT2D eigenvalue weighted by Gasteiger charge is 2.15. The average Bonchev–Trinajstić information content (AvgIpc) is 3.00. The number of ether oxygens (including phenoxy) is 1. The van der Waals surface area contributed by atoms with Crippen LogP contribution in [0.5, 0.6) is 5.75 Å². The molecule has 3 aromatic rings. The van der Waals surface area contributed by atoms with Crippen molar-refractivity contribution in [2.24, 2.45) is 0 Å². The van der Waals surface area contributed by atoms with Crippen molar-refractivity contribution in [3.63, 3.8) is 0 Å². The second-order valence-corrected chi connectivity index (χ2v) is 6.09. The van der Waals surface area contributed by atoms with Crippen molar-refractivity contribution in [3.05, 3.63) is 81.7 Å². The van der Waals surface area contributed by atoms with Gasteiger partial charge in [0, 0.05) is 34.8 Å². The highest BCUT2D eigenvalue weighted by molar-refractivity contribution is 6.05. The molecule has 1 heterocycles. The quantitative estimate of drug-likeness (QED) is 0.540. The molecule has 0 atom stereocenters. The van der Waals surface area contributed by atoms with E-state index in [0.29, 0.717) is 11.3 Å². The number of nitrogens with one attached hydrogen (secondary N) is 1. The Kier molecular flexibility index (Phi) is 4.94. The summed E-state index contributed by atoms with van der Waals surface area (Å²) in [6.45, 7) is 4.03. The normalized spacial score (nSPS) is 10.5.